The Morgan fingerprint density at radius 3 is 1.30 bits per heavy atom. The standard InChI is InChI=1S/C25H30N4O5S.C25H30N4O4S2/c1-2-33-17-18-34-24-23(19-26-29(25(24)30)22-11-7-4-8-12-22)27-13-15-28(16-14-27)35(31,32)20-21-9-5-3-6-10-21;1-2-32-17-18-33-24-23(19-26-29(25(24)34)22-11-7-4-8-12-22)27-13-15-28(16-14-27)35(30,31)20-21-9-5-3-6-10-21/h2*3-12,19H,2,13-18,20H2,1H3. The normalized spacial score (nSPS) is 14.7. The molecule has 0 N–H and O–H groups in total. The van der Waals surface area contributed by atoms with E-state index in [0.717, 1.165) is 22.5 Å². The number of hydrogen-bond donors (Lipinski definition) is 0. The van der Waals surface area contributed by atoms with Gasteiger partial charge in [-0.25, -0.2) is 21.5 Å². The third-order valence-corrected chi connectivity index (χ3v) is 15.6. The van der Waals surface area contributed by atoms with Crippen molar-refractivity contribution in [1.82, 2.24) is 28.2 Å². The number of ether oxygens (including phenoxy) is 4. The Bertz CT molecular complexity index is 2720. The zero-order chi connectivity index (χ0) is 49.4. The molecule has 0 amide bonds. The van der Waals surface area contributed by atoms with E-state index in [0.29, 0.717) is 107 Å². The van der Waals surface area contributed by atoms with Gasteiger partial charge in [-0.2, -0.15) is 23.5 Å². The van der Waals surface area contributed by atoms with Crippen LogP contribution in [0.4, 0.5) is 11.4 Å². The van der Waals surface area contributed by atoms with Crippen molar-refractivity contribution in [1.29, 1.82) is 0 Å². The van der Waals surface area contributed by atoms with Gasteiger partial charge in [0.15, 0.2) is 10.4 Å². The van der Waals surface area contributed by atoms with Crippen LogP contribution in [-0.2, 0) is 41.0 Å². The molecule has 2 aliphatic heterocycles. The highest BCUT2D eigenvalue weighted by molar-refractivity contribution is 7.88. The van der Waals surface area contributed by atoms with E-state index in [1.165, 1.54) is 8.99 Å². The summed E-state index contributed by atoms with van der Waals surface area (Å²) in [5.74, 6) is 0.706. The highest BCUT2D eigenvalue weighted by Crippen LogP contribution is 2.32. The molecule has 0 unspecified atom stereocenters. The lowest BCUT2D eigenvalue weighted by Crippen LogP contribution is -2.49. The number of piperazine rings is 2. The van der Waals surface area contributed by atoms with Gasteiger partial charge in [0.1, 0.15) is 24.6 Å². The molecular formula is C50H60N8O9S3. The Hall–Kier alpha value is -6.00. The number of sulfonamides is 2. The number of benzene rings is 4. The molecule has 2 aliphatic rings. The average Bonchev–Trinajstić information content (AvgIpc) is 3.38. The summed E-state index contributed by atoms with van der Waals surface area (Å²) in [4.78, 5) is 17.4. The first-order valence-electron chi connectivity index (χ1n) is 23.3. The molecular weight excluding hydrogens is 953 g/mol. The summed E-state index contributed by atoms with van der Waals surface area (Å²) in [5, 5.41) is 8.95. The van der Waals surface area contributed by atoms with E-state index >= 15 is 0 Å². The minimum Gasteiger partial charge on any atom is -0.486 e. The SMILES string of the molecule is CCOCCOc1c(N2CCN(S(=O)(=O)Cc3ccccc3)CC2)cnn(-c2ccccc2)c1=O.CCOCCOc1c(N2CCN(S(=O)(=O)Cc3ccccc3)CC2)cnn(-c2ccccc2)c1=S. The van der Waals surface area contributed by atoms with Crippen LogP contribution >= 0.6 is 12.2 Å². The summed E-state index contributed by atoms with van der Waals surface area (Å²) >= 11 is 5.77. The Morgan fingerprint density at radius 1 is 0.500 bits per heavy atom. The summed E-state index contributed by atoms with van der Waals surface area (Å²) in [7, 11) is -6.85. The first kappa shape index (κ1) is 51.8. The molecule has 2 saturated heterocycles. The monoisotopic (exact) mass is 1010 g/mol. The van der Waals surface area contributed by atoms with Crippen LogP contribution in [0.1, 0.15) is 25.0 Å². The first-order valence-corrected chi connectivity index (χ1v) is 26.9. The summed E-state index contributed by atoms with van der Waals surface area (Å²) < 4.78 is 81.0. The van der Waals surface area contributed by atoms with E-state index in [4.69, 9.17) is 31.2 Å². The Balaban J connectivity index is 0.000000206. The lowest BCUT2D eigenvalue weighted by molar-refractivity contribution is 0.109. The van der Waals surface area contributed by atoms with E-state index in [1.54, 1.807) is 33.5 Å². The van der Waals surface area contributed by atoms with Crippen molar-refractivity contribution in [3.05, 3.63) is 160 Å². The van der Waals surface area contributed by atoms with Crippen molar-refractivity contribution >= 4 is 43.6 Å². The molecule has 17 nitrogen and oxygen atoms in total. The van der Waals surface area contributed by atoms with Gasteiger partial charge in [-0.3, -0.25) is 4.79 Å². The van der Waals surface area contributed by atoms with Gasteiger partial charge in [-0.1, -0.05) is 109 Å². The van der Waals surface area contributed by atoms with Gasteiger partial charge in [-0.15, -0.1) is 0 Å². The van der Waals surface area contributed by atoms with Crippen LogP contribution in [0, 0.1) is 4.64 Å². The molecule has 2 aromatic heterocycles. The number of rotatable bonds is 20. The van der Waals surface area contributed by atoms with Crippen LogP contribution in [-0.4, -0.2) is 137 Å². The Labute approximate surface area is 415 Å². The summed E-state index contributed by atoms with van der Waals surface area (Å²) in [6, 6.07) is 37.2. The predicted octanol–water partition coefficient (Wildman–Crippen LogP) is 5.97. The van der Waals surface area contributed by atoms with Crippen LogP contribution in [0.15, 0.2) is 139 Å². The zero-order valence-corrected chi connectivity index (χ0v) is 41.9. The van der Waals surface area contributed by atoms with Gasteiger partial charge < -0.3 is 28.7 Å². The quantitative estimate of drug-likeness (QED) is 0.0648. The van der Waals surface area contributed by atoms with E-state index in [9.17, 15) is 21.6 Å². The molecule has 372 valence electrons. The highest BCUT2D eigenvalue weighted by atomic mass is 32.2. The fourth-order valence-electron chi connectivity index (χ4n) is 7.95. The molecule has 6 aromatic rings. The Kier molecular flexibility index (Phi) is 18.7. The molecule has 20 heteroatoms. The fourth-order valence-corrected chi connectivity index (χ4v) is 11.3. The number of para-hydroxylation sites is 2. The van der Waals surface area contributed by atoms with E-state index in [1.807, 2.05) is 128 Å². The summed E-state index contributed by atoms with van der Waals surface area (Å²) in [6.45, 7) is 9.65. The molecule has 0 spiro atoms. The topological polar surface area (TPSA) is 171 Å². The maximum atomic E-state index is 13.3. The van der Waals surface area contributed by atoms with Gasteiger partial charge in [0, 0.05) is 65.6 Å². The zero-order valence-electron chi connectivity index (χ0n) is 39.5. The lowest BCUT2D eigenvalue weighted by atomic mass is 10.2. The second-order valence-electron chi connectivity index (χ2n) is 16.2. The predicted molar refractivity (Wildman–Crippen MR) is 274 cm³/mol. The van der Waals surface area contributed by atoms with Crippen molar-refractivity contribution in [2.24, 2.45) is 0 Å². The van der Waals surface area contributed by atoms with Crippen molar-refractivity contribution in [3.8, 4) is 22.9 Å². The number of aromatic nitrogens is 4. The maximum absolute atomic E-state index is 13.3. The van der Waals surface area contributed by atoms with Gasteiger partial charge in [0.05, 0.1) is 48.5 Å². The third-order valence-electron chi connectivity index (χ3n) is 11.5. The number of nitrogens with zero attached hydrogens (tertiary/aromatic N) is 8. The average molecular weight is 1010 g/mol. The third kappa shape index (κ3) is 13.7. The first-order chi connectivity index (χ1) is 34.0. The van der Waals surface area contributed by atoms with E-state index in [-0.39, 0.29) is 29.4 Å². The second-order valence-corrected chi connectivity index (χ2v) is 20.5. The van der Waals surface area contributed by atoms with Crippen molar-refractivity contribution < 1.29 is 35.8 Å². The number of anilines is 2. The van der Waals surface area contributed by atoms with Crippen LogP contribution in [0.2, 0.25) is 0 Å². The summed E-state index contributed by atoms with van der Waals surface area (Å²) in [5.41, 5.74) is 3.97. The van der Waals surface area contributed by atoms with Crippen molar-refractivity contribution in [3.63, 3.8) is 0 Å². The summed E-state index contributed by atoms with van der Waals surface area (Å²) in [6.07, 6.45) is 3.35. The molecule has 0 saturated carbocycles. The maximum Gasteiger partial charge on any atom is 0.316 e. The van der Waals surface area contributed by atoms with Gasteiger partial charge in [0.25, 0.3) is 0 Å². The van der Waals surface area contributed by atoms with Crippen LogP contribution in [0.3, 0.4) is 0 Å². The molecule has 0 radical (unpaired) electrons. The molecule has 4 aromatic carbocycles. The molecule has 2 fully saturated rings. The van der Waals surface area contributed by atoms with Crippen molar-refractivity contribution in [2.75, 3.05) is 102 Å². The van der Waals surface area contributed by atoms with Crippen molar-refractivity contribution in [2.45, 2.75) is 25.4 Å². The van der Waals surface area contributed by atoms with E-state index < -0.39 is 20.0 Å². The molecule has 8 rings (SSSR count). The van der Waals surface area contributed by atoms with Gasteiger partial charge in [0.2, 0.25) is 25.8 Å². The van der Waals surface area contributed by atoms with Crippen LogP contribution in [0.25, 0.3) is 11.4 Å². The van der Waals surface area contributed by atoms with E-state index in [2.05, 4.69) is 15.1 Å². The van der Waals surface area contributed by atoms with Crippen LogP contribution in [0.5, 0.6) is 11.5 Å². The molecule has 0 atom stereocenters. The van der Waals surface area contributed by atoms with Crippen LogP contribution < -0.4 is 24.8 Å². The minimum absolute atomic E-state index is 0.0000932. The lowest BCUT2D eigenvalue weighted by Gasteiger charge is -2.36. The minimum atomic E-state index is -3.45. The fraction of sp³-hybridized carbons (Fsp3) is 0.360. The Morgan fingerprint density at radius 2 is 0.871 bits per heavy atom. The van der Waals surface area contributed by atoms with Gasteiger partial charge >= 0.3 is 5.56 Å². The number of hydrogen-bond acceptors (Lipinski definition) is 14. The van der Waals surface area contributed by atoms with Gasteiger partial charge in [-0.05, 0) is 49.2 Å². The second kappa shape index (κ2) is 25.2. The molecule has 0 bridgehead atoms. The largest absolute Gasteiger partial charge is 0.486 e. The smallest absolute Gasteiger partial charge is 0.316 e. The highest BCUT2D eigenvalue weighted by Gasteiger charge is 2.31. The molecule has 0 aliphatic carbocycles. The molecule has 4 heterocycles. The molecule has 70 heavy (non-hydrogen) atoms.